The number of para-hydroxylation sites is 7. The molecule has 0 N–H and O–H groups in total. The molecule has 0 spiro atoms. The van der Waals surface area contributed by atoms with Crippen molar-refractivity contribution in [3.8, 4) is 34.7 Å². The molecule has 0 aliphatic carbocycles. The van der Waals surface area contributed by atoms with Crippen molar-refractivity contribution in [1.82, 2.24) is 33.2 Å². The van der Waals surface area contributed by atoms with E-state index >= 15 is 0 Å². The van der Waals surface area contributed by atoms with Gasteiger partial charge in [-0.3, -0.25) is 9.13 Å². The van der Waals surface area contributed by atoms with E-state index in [0.717, 1.165) is 41.7 Å². The van der Waals surface area contributed by atoms with Crippen LogP contribution in [0.3, 0.4) is 0 Å². The first-order chi connectivity index (χ1) is 39.8. The molecular weight excluding hydrogens is 887 g/mol. The highest BCUT2D eigenvalue weighted by Crippen LogP contribution is 2.46. The summed E-state index contributed by atoms with van der Waals surface area (Å²) < 4.78 is 114. The van der Waals surface area contributed by atoms with E-state index in [1.165, 1.54) is 0 Å². The van der Waals surface area contributed by atoms with Crippen molar-refractivity contribution in [3.63, 3.8) is 0 Å². The predicted molar refractivity (Wildman–Crippen MR) is 296 cm³/mol. The van der Waals surface area contributed by atoms with Gasteiger partial charge in [-0.1, -0.05) is 158 Å². The van der Waals surface area contributed by atoms with Crippen LogP contribution in [0.4, 0.5) is 0 Å². The van der Waals surface area contributed by atoms with Crippen molar-refractivity contribution in [1.29, 1.82) is 0 Å². The Labute approximate surface area is 424 Å². The molecule has 0 saturated heterocycles. The maximum absolute atomic E-state index is 10.5. The third-order valence-corrected chi connectivity index (χ3v) is 15.0. The molecule has 6 heterocycles. The molecule has 0 bridgehead atoms. The summed E-state index contributed by atoms with van der Waals surface area (Å²) in [6, 6.07) is 45.5. The third kappa shape index (κ3) is 5.34. The summed E-state index contributed by atoms with van der Waals surface area (Å²) in [7, 11) is 0. The lowest BCUT2D eigenvalue weighted by Gasteiger charge is -2.20. The van der Waals surface area contributed by atoms with Gasteiger partial charge in [-0.25, -0.2) is 0 Å². The van der Waals surface area contributed by atoms with Crippen LogP contribution in [0.2, 0.25) is 0 Å². The van der Waals surface area contributed by atoms with Gasteiger partial charge in [0.15, 0.2) is 5.82 Å². The zero-order valence-corrected chi connectivity index (χ0v) is 37.9. The van der Waals surface area contributed by atoms with Crippen molar-refractivity contribution < 1.29 is 15.1 Å². The van der Waals surface area contributed by atoms with Crippen LogP contribution < -0.4 is 0 Å². The average molecular weight is 935 g/mol. The van der Waals surface area contributed by atoms with Crippen molar-refractivity contribution >= 4 is 119 Å². The topological polar surface area (TPSA) is 58.4 Å². The third-order valence-electron chi connectivity index (χ3n) is 13.9. The largest absolute Gasteiger partial charge is 0.308 e. The summed E-state index contributed by atoms with van der Waals surface area (Å²) in [5.41, 5.74) is 3.79. The van der Waals surface area contributed by atoms with Crippen LogP contribution in [0.5, 0.6) is 0 Å². The SMILES string of the molecule is [2H]c1c([2H])c(-n2c3ccccc3c3c([2H])c([2H])c([2H])c([2H])c32)c(-c2nc(-n3c4ccccc4c4ccccc43)nc(-n3c4ccccc4c4c([2H])c([2H])c([2H])c([2H])c43)n2)c(-n2c3ccccc3c3ccc4sc5ccccc5c4c32)c1[2H]. The number of benzene rings is 10. The standard InChI is InChI=1S/C63H37N7S/c1-9-26-47-38(18-1)39-19-2-10-27-48(39)67(47)54-33-17-34-55(68-49-28-11-7-24-44(49)45-36-37-57-58(60(45)68)46-25-8-16-35-56(46)71-57)59(54)61-64-62(69-50-29-12-3-20-40(50)41-21-4-13-30-51(41)69)66-63(65-61)70-52-31-14-5-22-42(52)43-23-6-15-32-53(43)70/h1-37H/i1D,3D,9D,12D,17D,18D,20D,26D,29D,33D,34D. The summed E-state index contributed by atoms with van der Waals surface area (Å²) in [6.45, 7) is 0. The Bertz CT molecular complexity index is 5530. The van der Waals surface area contributed by atoms with Gasteiger partial charge < -0.3 is 9.13 Å². The smallest absolute Gasteiger partial charge is 0.240 e. The Morgan fingerprint density at radius 2 is 0.761 bits per heavy atom. The van der Waals surface area contributed by atoms with E-state index in [2.05, 4.69) is 24.3 Å². The quantitative estimate of drug-likeness (QED) is 0.173. The number of thiophene rings is 1. The molecule has 10 aromatic carbocycles. The molecule has 0 saturated carbocycles. The summed E-state index contributed by atoms with van der Waals surface area (Å²) >= 11 is 1.62. The Hall–Kier alpha value is -9.37. The minimum absolute atomic E-state index is 0.0220. The van der Waals surface area contributed by atoms with Crippen LogP contribution in [0.1, 0.15) is 15.1 Å². The fourth-order valence-electron chi connectivity index (χ4n) is 11.0. The van der Waals surface area contributed by atoms with Gasteiger partial charge in [0.1, 0.15) is 0 Å². The second kappa shape index (κ2) is 14.6. The number of rotatable bonds is 5. The highest BCUT2D eigenvalue weighted by atomic mass is 32.1. The lowest BCUT2D eigenvalue weighted by Crippen LogP contribution is -2.12. The summed E-state index contributed by atoms with van der Waals surface area (Å²) in [6.07, 6.45) is 0. The first-order valence-corrected chi connectivity index (χ1v) is 23.9. The van der Waals surface area contributed by atoms with E-state index in [9.17, 15) is 9.60 Å². The van der Waals surface area contributed by atoms with Crippen LogP contribution >= 0.6 is 11.3 Å². The van der Waals surface area contributed by atoms with Crippen LogP contribution in [0.25, 0.3) is 142 Å². The van der Waals surface area contributed by atoms with E-state index < -0.39 is 42.3 Å². The number of hydrogen-bond donors (Lipinski definition) is 0. The van der Waals surface area contributed by atoms with Gasteiger partial charge >= 0.3 is 0 Å². The summed E-state index contributed by atoms with van der Waals surface area (Å²) in [4.78, 5) is 16.3. The molecule has 0 fully saturated rings. The second-order valence-corrected chi connectivity index (χ2v) is 18.6. The molecule has 0 radical (unpaired) electrons. The van der Waals surface area contributed by atoms with E-state index in [1.54, 1.807) is 69.0 Å². The maximum atomic E-state index is 10.5. The molecule has 0 amide bonds. The lowest BCUT2D eigenvalue weighted by molar-refractivity contribution is 0.891. The second-order valence-electron chi connectivity index (χ2n) is 17.5. The molecule has 6 aromatic heterocycles. The predicted octanol–water partition coefficient (Wildman–Crippen LogP) is 16.3. The van der Waals surface area contributed by atoms with Gasteiger partial charge in [0.05, 0.1) is 76.2 Å². The van der Waals surface area contributed by atoms with Crippen molar-refractivity contribution in [2.45, 2.75) is 0 Å². The van der Waals surface area contributed by atoms with Crippen LogP contribution in [0, 0.1) is 0 Å². The summed E-state index contributed by atoms with van der Waals surface area (Å²) in [5, 5.41) is 6.64. The Morgan fingerprint density at radius 1 is 0.324 bits per heavy atom. The van der Waals surface area contributed by atoms with Crippen LogP contribution in [-0.4, -0.2) is 33.2 Å². The molecule has 8 heteroatoms. The molecule has 7 nitrogen and oxygen atoms in total. The van der Waals surface area contributed by atoms with Gasteiger partial charge in [-0.15, -0.1) is 11.3 Å². The summed E-state index contributed by atoms with van der Waals surface area (Å²) in [5.74, 6) is -0.145. The van der Waals surface area contributed by atoms with Gasteiger partial charge in [-0.2, -0.15) is 15.0 Å². The lowest BCUT2D eigenvalue weighted by atomic mass is 10.1. The molecule has 0 unspecified atom stereocenters. The van der Waals surface area contributed by atoms with Crippen LogP contribution in [0.15, 0.2) is 224 Å². The molecule has 71 heavy (non-hydrogen) atoms. The minimum atomic E-state index is -0.515. The molecule has 0 atom stereocenters. The Balaban J connectivity index is 1.18. The Kier molecular flexibility index (Phi) is 6.06. The number of aromatic nitrogens is 7. The number of fused-ring (bicyclic) bond motifs is 16. The molecule has 330 valence electrons. The average Bonchev–Trinajstić information content (AvgIpc) is 2.53. The molecular formula is C63H37N7S. The Morgan fingerprint density at radius 3 is 1.35 bits per heavy atom. The van der Waals surface area contributed by atoms with E-state index in [1.807, 2.05) is 94.1 Å². The van der Waals surface area contributed by atoms with Gasteiger partial charge in [0, 0.05) is 63.3 Å². The molecule has 0 aliphatic heterocycles. The van der Waals surface area contributed by atoms with Gasteiger partial charge in [-0.05, 0) is 66.6 Å². The normalized spacial score (nSPS) is 14.4. The van der Waals surface area contributed by atoms with Crippen molar-refractivity contribution in [3.05, 3.63) is 224 Å². The van der Waals surface area contributed by atoms with Crippen molar-refractivity contribution in [2.75, 3.05) is 0 Å². The molecule has 16 aromatic rings. The molecule has 16 rings (SSSR count). The van der Waals surface area contributed by atoms with Crippen LogP contribution in [-0.2, 0) is 0 Å². The fourth-order valence-corrected chi connectivity index (χ4v) is 12.1. The number of nitrogens with zero attached hydrogens (tertiary/aromatic N) is 7. The first-order valence-electron chi connectivity index (χ1n) is 28.6. The van der Waals surface area contributed by atoms with E-state index in [-0.39, 0.29) is 80.6 Å². The highest BCUT2D eigenvalue weighted by Gasteiger charge is 2.28. The minimum Gasteiger partial charge on any atom is -0.308 e. The first kappa shape index (κ1) is 29.5. The molecule has 0 aliphatic rings. The van der Waals surface area contributed by atoms with E-state index in [4.69, 9.17) is 20.4 Å². The van der Waals surface area contributed by atoms with Gasteiger partial charge in [0.2, 0.25) is 11.9 Å². The maximum Gasteiger partial charge on any atom is 0.240 e. The van der Waals surface area contributed by atoms with Crippen molar-refractivity contribution in [2.24, 2.45) is 0 Å². The number of hydrogen-bond acceptors (Lipinski definition) is 4. The van der Waals surface area contributed by atoms with Gasteiger partial charge in [0.25, 0.3) is 0 Å². The highest BCUT2D eigenvalue weighted by molar-refractivity contribution is 7.26. The van der Waals surface area contributed by atoms with E-state index in [0.29, 0.717) is 43.9 Å². The zero-order chi connectivity index (χ0) is 55.9. The zero-order valence-electron chi connectivity index (χ0n) is 48.0. The fraction of sp³-hybridized carbons (Fsp3) is 0. The monoisotopic (exact) mass is 934 g/mol.